The Morgan fingerprint density at radius 3 is 2.10 bits per heavy atom. The fourth-order valence-electron chi connectivity index (χ4n) is 1.66. The minimum atomic E-state index is -0.551. The smallest absolute Gasteiger partial charge is 0.323 e. The van der Waals surface area contributed by atoms with E-state index in [-0.39, 0.29) is 0 Å². The van der Waals surface area contributed by atoms with Crippen LogP contribution in [0.3, 0.4) is 0 Å². The zero-order valence-electron chi connectivity index (χ0n) is 10.6. The van der Waals surface area contributed by atoms with Crippen molar-refractivity contribution in [1.82, 2.24) is 0 Å². The first-order valence-corrected chi connectivity index (χ1v) is 5.88. The van der Waals surface area contributed by atoms with Gasteiger partial charge in [-0.1, -0.05) is 12.1 Å². The maximum atomic E-state index is 11.8. The van der Waals surface area contributed by atoms with Gasteiger partial charge in [0.15, 0.2) is 0 Å². The summed E-state index contributed by atoms with van der Waals surface area (Å²) >= 11 is 0. The van der Waals surface area contributed by atoms with E-state index >= 15 is 0 Å². The number of nitrogens with two attached hydrogens (primary N) is 2. The van der Waals surface area contributed by atoms with E-state index in [1.165, 1.54) is 6.07 Å². The molecule has 0 atom stereocenters. The maximum Gasteiger partial charge on any atom is 0.323 e. The third-order valence-corrected chi connectivity index (χ3v) is 2.55. The average molecular weight is 270 g/mol. The van der Waals surface area contributed by atoms with Crippen molar-refractivity contribution >= 4 is 29.0 Å². The summed E-state index contributed by atoms with van der Waals surface area (Å²) in [6, 6.07) is 12.7. The molecule has 0 aromatic heterocycles. The summed E-state index contributed by atoms with van der Waals surface area (Å²) in [4.78, 5) is 22.8. The van der Waals surface area contributed by atoms with Crippen molar-refractivity contribution in [2.45, 2.75) is 0 Å². The number of rotatable bonds is 3. The predicted molar refractivity (Wildman–Crippen MR) is 78.5 cm³/mol. The van der Waals surface area contributed by atoms with E-state index in [0.717, 1.165) is 0 Å². The third-order valence-electron chi connectivity index (χ3n) is 2.55. The Bertz CT molecular complexity index is 655. The molecule has 0 fully saturated rings. The van der Waals surface area contributed by atoms with E-state index in [2.05, 4.69) is 10.6 Å². The maximum absolute atomic E-state index is 11.8. The van der Waals surface area contributed by atoms with Gasteiger partial charge in [-0.15, -0.1) is 0 Å². The molecular formula is C14H14N4O2. The van der Waals surface area contributed by atoms with Gasteiger partial charge in [-0.3, -0.25) is 4.79 Å². The monoisotopic (exact) mass is 270 g/mol. The van der Waals surface area contributed by atoms with Crippen LogP contribution in [0.2, 0.25) is 0 Å². The van der Waals surface area contributed by atoms with Gasteiger partial charge in [0, 0.05) is 22.6 Å². The largest absolute Gasteiger partial charge is 0.399 e. The first-order valence-electron chi connectivity index (χ1n) is 5.88. The van der Waals surface area contributed by atoms with Crippen molar-refractivity contribution in [2.24, 2.45) is 5.73 Å². The summed E-state index contributed by atoms with van der Waals surface area (Å²) in [6.45, 7) is 0. The molecule has 102 valence electrons. The lowest BCUT2D eigenvalue weighted by Gasteiger charge is -2.08. The Hall–Kier alpha value is -3.02. The fourth-order valence-corrected chi connectivity index (χ4v) is 1.66. The Balaban J connectivity index is 2.04. The topological polar surface area (TPSA) is 110 Å². The number of nitrogen functional groups attached to an aromatic ring is 1. The molecule has 0 radical (unpaired) electrons. The Morgan fingerprint density at radius 1 is 0.900 bits per heavy atom. The van der Waals surface area contributed by atoms with Crippen LogP contribution in [-0.4, -0.2) is 11.9 Å². The quantitative estimate of drug-likeness (QED) is 0.640. The zero-order chi connectivity index (χ0) is 14.5. The van der Waals surface area contributed by atoms with Crippen molar-refractivity contribution in [1.29, 1.82) is 0 Å². The number of amides is 3. The van der Waals surface area contributed by atoms with Crippen molar-refractivity contribution in [3.63, 3.8) is 0 Å². The van der Waals surface area contributed by atoms with Gasteiger partial charge >= 0.3 is 6.03 Å². The molecule has 2 aromatic rings. The summed E-state index contributed by atoms with van der Waals surface area (Å²) in [5, 5.41) is 5.24. The van der Waals surface area contributed by atoms with E-state index < -0.39 is 11.9 Å². The van der Waals surface area contributed by atoms with Crippen LogP contribution in [-0.2, 0) is 0 Å². The lowest BCUT2D eigenvalue weighted by atomic mass is 10.2. The van der Waals surface area contributed by atoms with Gasteiger partial charge in [0.25, 0.3) is 0 Å². The molecule has 0 aliphatic rings. The third kappa shape index (κ3) is 3.49. The molecule has 0 heterocycles. The molecule has 0 bridgehead atoms. The number of anilines is 3. The van der Waals surface area contributed by atoms with Crippen LogP contribution in [0, 0.1) is 0 Å². The number of carbonyl (C=O) groups is 2. The molecule has 2 aromatic carbocycles. The summed E-state index contributed by atoms with van der Waals surface area (Å²) in [5.41, 5.74) is 12.7. The van der Waals surface area contributed by atoms with Crippen LogP contribution in [0.1, 0.15) is 10.4 Å². The van der Waals surface area contributed by atoms with Crippen molar-refractivity contribution in [2.75, 3.05) is 16.4 Å². The van der Waals surface area contributed by atoms with Crippen LogP contribution >= 0.6 is 0 Å². The van der Waals surface area contributed by atoms with Crippen LogP contribution in [0.4, 0.5) is 21.9 Å². The summed E-state index contributed by atoms with van der Waals surface area (Å²) < 4.78 is 0. The molecule has 6 nitrogen and oxygen atoms in total. The predicted octanol–water partition coefficient (Wildman–Crippen LogP) is 2.01. The number of primary amides is 1. The van der Waals surface area contributed by atoms with E-state index in [9.17, 15) is 9.59 Å². The van der Waals surface area contributed by atoms with Crippen LogP contribution in [0.15, 0.2) is 48.5 Å². The Kier molecular flexibility index (Phi) is 3.85. The Morgan fingerprint density at radius 2 is 1.50 bits per heavy atom. The van der Waals surface area contributed by atoms with Crippen LogP contribution < -0.4 is 22.1 Å². The standard InChI is InChI=1S/C14H14N4O2/c15-10-4-2-6-12(8-10)18-14(20)17-11-5-1-3-9(7-11)13(16)19/h1-8H,15H2,(H2,16,19)(H2,17,18,20). The molecule has 20 heavy (non-hydrogen) atoms. The fraction of sp³-hybridized carbons (Fsp3) is 0. The summed E-state index contributed by atoms with van der Waals surface area (Å²) in [5.74, 6) is -0.551. The molecule has 0 unspecified atom stereocenters. The van der Waals surface area contributed by atoms with E-state index in [4.69, 9.17) is 11.5 Å². The first-order chi connectivity index (χ1) is 9.54. The van der Waals surface area contributed by atoms with Gasteiger partial charge in [0.2, 0.25) is 5.91 Å². The number of benzene rings is 2. The van der Waals surface area contributed by atoms with Crippen LogP contribution in [0.5, 0.6) is 0 Å². The van der Waals surface area contributed by atoms with Gasteiger partial charge in [0.05, 0.1) is 0 Å². The molecule has 0 saturated heterocycles. The lowest BCUT2D eigenvalue weighted by Crippen LogP contribution is -2.20. The lowest BCUT2D eigenvalue weighted by molar-refractivity contribution is 0.100. The highest BCUT2D eigenvalue weighted by Crippen LogP contribution is 2.14. The highest BCUT2D eigenvalue weighted by Gasteiger charge is 2.05. The van der Waals surface area contributed by atoms with Crippen molar-refractivity contribution in [3.05, 3.63) is 54.1 Å². The second-order valence-electron chi connectivity index (χ2n) is 4.15. The minimum absolute atomic E-state index is 0.326. The van der Waals surface area contributed by atoms with E-state index in [1.807, 2.05) is 0 Å². The van der Waals surface area contributed by atoms with Gasteiger partial charge in [0.1, 0.15) is 0 Å². The second kappa shape index (κ2) is 5.75. The highest BCUT2D eigenvalue weighted by atomic mass is 16.2. The normalized spacial score (nSPS) is 9.80. The second-order valence-corrected chi connectivity index (χ2v) is 4.15. The summed E-state index contributed by atoms with van der Waals surface area (Å²) in [6.07, 6.45) is 0. The van der Waals surface area contributed by atoms with E-state index in [0.29, 0.717) is 22.6 Å². The molecule has 6 heteroatoms. The van der Waals surface area contributed by atoms with Gasteiger partial charge in [-0.05, 0) is 36.4 Å². The SMILES string of the molecule is NC(=O)c1cccc(NC(=O)Nc2cccc(N)c2)c1. The van der Waals surface area contributed by atoms with Gasteiger partial charge < -0.3 is 22.1 Å². The summed E-state index contributed by atoms with van der Waals surface area (Å²) in [7, 11) is 0. The number of urea groups is 1. The molecule has 3 amide bonds. The number of carbonyl (C=O) groups excluding carboxylic acids is 2. The van der Waals surface area contributed by atoms with E-state index in [1.54, 1.807) is 42.5 Å². The molecule has 0 aliphatic heterocycles. The number of hydrogen-bond donors (Lipinski definition) is 4. The number of nitrogens with one attached hydrogen (secondary N) is 2. The zero-order valence-corrected chi connectivity index (χ0v) is 10.6. The molecule has 0 spiro atoms. The molecule has 6 N–H and O–H groups in total. The van der Waals surface area contributed by atoms with Gasteiger partial charge in [-0.2, -0.15) is 0 Å². The van der Waals surface area contributed by atoms with Crippen LogP contribution in [0.25, 0.3) is 0 Å². The molecule has 2 rings (SSSR count). The molecular weight excluding hydrogens is 256 g/mol. The first kappa shape index (κ1) is 13.4. The molecule has 0 saturated carbocycles. The minimum Gasteiger partial charge on any atom is -0.399 e. The average Bonchev–Trinajstić information content (AvgIpc) is 2.38. The highest BCUT2D eigenvalue weighted by molar-refractivity contribution is 6.01. The molecule has 0 aliphatic carbocycles. The number of hydrogen-bond acceptors (Lipinski definition) is 3. The van der Waals surface area contributed by atoms with Gasteiger partial charge in [-0.25, -0.2) is 4.79 Å². The van der Waals surface area contributed by atoms with Crippen molar-refractivity contribution in [3.8, 4) is 0 Å². The van der Waals surface area contributed by atoms with Crippen molar-refractivity contribution < 1.29 is 9.59 Å². The Labute approximate surface area is 115 Å².